The van der Waals surface area contributed by atoms with E-state index in [1.807, 2.05) is 0 Å². The van der Waals surface area contributed by atoms with Gasteiger partial charge in [0.2, 0.25) is 0 Å². The third kappa shape index (κ3) is 9.31. The highest BCUT2D eigenvalue weighted by molar-refractivity contribution is 6.02. The standard InChI is InChI=1S/C21H33NO5/c1-3-5-7-8-9-11-15-26-20(24)19-17(13-12-14-18(19)23)22-21(25)27-16-10-6-4-2/h12-14,23H,3-11,15-16H2,1-2H3,(H,22,25). The Kier molecular flexibility index (Phi) is 11.7. The number of benzene rings is 1. The van der Waals surface area contributed by atoms with Gasteiger partial charge in [-0.1, -0.05) is 64.9 Å². The Bertz CT molecular complexity index is 574. The van der Waals surface area contributed by atoms with Crippen molar-refractivity contribution in [2.75, 3.05) is 18.5 Å². The molecule has 0 aromatic heterocycles. The monoisotopic (exact) mass is 379 g/mol. The van der Waals surface area contributed by atoms with Crippen LogP contribution in [0.4, 0.5) is 10.5 Å². The number of anilines is 1. The Hall–Kier alpha value is -2.24. The van der Waals surface area contributed by atoms with Crippen molar-refractivity contribution < 1.29 is 24.2 Å². The molecule has 1 rings (SSSR count). The van der Waals surface area contributed by atoms with Crippen molar-refractivity contribution >= 4 is 17.7 Å². The fourth-order valence-electron chi connectivity index (χ4n) is 2.64. The van der Waals surface area contributed by atoms with Crippen molar-refractivity contribution in [3.63, 3.8) is 0 Å². The van der Waals surface area contributed by atoms with E-state index in [4.69, 9.17) is 9.47 Å². The number of ether oxygens (including phenoxy) is 2. The van der Waals surface area contributed by atoms with Crippen LogP contribution < -0.4 is 5.32 Å². The van der Waals surface area contributed by atoms with E-state index in [9.17, 15) is 14.7 Å². The summed E-state index contributed by atoms with van der Waals surface area (Å²) in [5.41, 5.74) is 0.137. The molecule has 6 heteroatoms. The van der Waals surface area contributed by atoms with Crippen molar-refractivity contribution in [2.24, 2.45) is 0 Å². The van der Waals surface area contributed by atoms with E-state index in [0.29, 0.717) is 13.2 Å². The van der Waals surface area contributed by atoms with Crippen LogP contribution in [0.2, 0.25) is 0 Å². The Morgan fingerprint density at radius 3 is 2.22 bits per heavy atom. The third-order valence-corrected chi connectivity index (χ3v) is 4.20. The number of carbonyl (C=O) groups excluding carboxylic acids is 2. The number of amides is 1. The van der Waals surface area contributed by atoms with E-state index in [2.05, 4.69) is 19.2 Å². The van der Waals surface area contributed by atoms with Gasteiger partial charge in [0.15, 0.2) is 0 Å². The molecule has 0 spiro atoms. The average molecular weight is 379 g/mol. The average Bonchev–Trinajstić information content (AvgIpc) is 2.64. The van der Waals surface area contributed by atoms with Crippen LogP contribution in [-0.4, -0.2) is 30.4 Å². The molecule has 0 aliphatic carbocycles. The maximum Gasteiger partial charge on any atom is 0.411 e. The molecule has 2 N–H and O–H groups in total. The number of phenolic OH excluding ortho intramolecular Hbond substituents is 1. The molecule has 1 aromatic rings. The number of carbonyl (C=O) groups is 2. The normalized spacial score (nSPS) is 10.4. The molecule has 0 saturated heterocycles. The van der Waals surface area contributed by atoms with E-state index < -0.39 is 12.1 Å². The third-order valence-electron chi connectivity index (χ3n) is 4.20. The summed E-state index contributed by atoms with van der Waals surface area (Å²) in [6, 6.07) is 4.47. The number of esters is 1. The van der Waals surface area contributed by atoms with Crippen molar-refractivity contribution in [1.82, 2.24) is 0 Å². The van der Waals surface area contributed by atoms with Gasteiger partial charge in [-0.3, -0.25) is 5.32 Å². The second-order valence-corrected chi connectivity index (χ2v) is 6.57. The van der Waals surface area contributed by atoms with Gasteiger partial charge in [0, 0.05) is 0 Å². The molecule has 6 nitrogen and oxygen atoms in total. The van der Waals surface area contributed by atoms with Gasteiger partial charge < -0.3 is 14.6 Å². The van der Waals surface area contributed by atoms with Gasteiger partial charge in [-0.15, -0.1) is 0 Å². The lowest BCUT2D eigenvalue weighted by atomic mass is 10.1. The molecule has 1 amide bonds. The van der Waals surface area contributed by atoms with Crippen LogP contribution in [0.1, 0.15) is 82.0 Å². The quantitative estimate of drug-likeness (QED) is 0.342. The smallest absolute Gasteiger partial charge is 0.411 e. The zero-order valence-electron chi connectivity index (χ0n) is 16.6. The van der Waals surface area contributed by atoms with Crippen molar-refractivity contribution in [2.45, 2.75) is 71.6 Å². The van der Waals surface area contributed by atoms with Crippen LogP contribution in [0.3, 0.4) is 0 Å². The topological polar surface area (TPSA) is 84.9 Å². The van der Waals surface area contributed by atoms with Crippen LogP contribution in [0, 0.1) is 0 Å². The predicted octanol–water partition coefficient (Wildman–Crippen LogP) is 5.65. The molecule has 152 valence electrons. The molecule has 1 aromatic carbocycles. The van der Waals surface area contributed by atoms with Gasteiger partial charge in [0.25, 0.3) is 0 Å². The summed E-state index contributed by atoms with van der Waals surface area (Å²) in [6.07, 6.45) is 8.67. The molecule has 0 radical (unpaired) electrons. The van der Waals surface area contributed by atoms with Gasteiger partial charge in [-0.05, 0) is 25.0 Å². The Balaban J connectivity index is 2.51. The molecule has 0 heterocycles. The number of nitrogens with one attached hydrogen (secondary N) is 1. The van der Waals surface area contributed by atoms with Gasteiger partial charge in [-0.25, -0.2) is 9.59 Å². The lowest BCUT2D eigenvalue weighted by Crippen LogP contribution is -2.17. The van der Waals surface area contributed by atoms with E-state index in [1.165, 1.54) is 31.4 Å². The summed E-state index contributed by atoms with van der Waals surface area (Å²) in [6.45, 7) is 4.84. The number of aromatic hydroxyl groups is 1. The highest BCUT2D eigenvalue weighted by Crippen LogP contribution is 2.26. The summed E-state index contributed by atoms with van der Waals surface area (Å²) in [7, 11) is 0. The number of unbranched alkanes of at least 4 members (excludes halogenated alkanes) is 7. The largest absolute Gasteiger partial charge is 0.507 e. The van der Waals surface area contributed by atoms with E-state index in [-0.39, 0.29) is 17.0 Å². The molecule has 0 unspecified atom stereocenters. The van der Waals surface area contributed by atoms with E-state index >= 15 is 0 Å². The Labute approximate surface area is 162 Å². The summed E-state index contributed by atoms with van der Waals surface area (Å²) < 4.78 is 10.3. The molecular weight excluding hydrogens is 346 g/mol. The van der Waals surface area contributed by atoms with Gasteiger partial charge in [0.05, 0.1) is 18.9 Å². The van der Waals surface area contributed by atoms with E-state index in [0.717, 1.165) is 38.5 Å². The number of hydrogen-bond donors (Lipinski definition) is 2. The first-order chi connectivity index (χ1) is 13.1. The predicted molar refractivity (Wildman–Crippen MR) is 106 cm³/mol. The molecule has 0 aliphatic heterocycles. The highest BCUT2D eigenvalue weighted by Gasteiger charge is 2.19. The second kappa shape index (κ2) is 13.9. The maximum atomic E-state index is 12.3. The fourth-order valence-corrected chi connectivity index (χ4v) is 2.64. The van der Waals surface area contributed by atoms with Crippen LogP contribution in [0.5, 0.6) is 5.75 Å². The number of rotatable bonds is 13. The fraction of sp³-hybridized carbons (Fsp3) is 0.619. The molecular formula is C21H33NO5. The first-order valence-corrected chi connectivity index (χ1v) is 10.0. The Morgan fingerprint density at radius 2 is 1.48 bits per heavy atom. The summed E-state index contributed by atoms with van der Waals surface area (Å²) >= 11 is 0. The SMILES string of the molecule is CCCCCCCCOC(=O)c1c(O)cccc1NC(=O)OCCCCC. The van der Waals surface area contributed by atoms with Gasteiger partial charge in [0.1, 0.15) is 11.3 Å². The zero-order valence-corrected chi connectivity index (χ0v) is 16.6. The summed E-state index contributed by atoms with van der Waals surface area (Å²) in [5, 5.41) is 12.5. The maximum absolute atomic E-state index is 12.3. The minimum Gasteiger partial charge on any atom is -0.507 e. The molecule has 0 saturated carbocycles. The van der Waals surface area contributed by atoms with Crippen molar-refractivity contribution in [1.29, 1.82) is 0 Å². The molecule has 0 atom stereocenters. The zero-order chi connectivity index (χ0) is 19.9. The lowest BCUT2D eigenvalue weighted by Gasteiger charge is -2.12. The minimum absolute atomic E-state index is 0.0472. The first-order valence-electron chi connectivity index (χ1n) is 10.0. The number of hydrogen-bond acceptors (Lipinski definition) is 5. The van der Waals surface area contributed by atoms with Crippen LogP contribution >= 0.6 is 0 Å². The van der Waals surface area contributed by atoms with E-state index in [1.54, 1.807) is 6.07 Å². The van der Waals surface area contributed by atoms with Crippen LogP contribution in [0.25, 0.3) is 0 Å². The van der Waals surface area contributed by atoms with Crippen LogP contribution in [-0.2, 0) is 9.47 Å². The molecule has 0 fully saturated rings. The molecule has 0 bridgehead atoms. The van der Waals surface area contributed by atoms with Crippen molar-refractivity contribution in [3.05, 3.63) is 23.8 Å². The second-order valence-electron chi connectivity index (χ2n) is 6.57. The first kappa shape index (κ1) is 22.8. The minimum atomic E-state index is -0.651. The van der Waals surface area contributed by atoms with Gasteiger partial charge in [-0.2, -0.15) is 0 Å². The van der Waals surface area contributed by atoms with Crippen molar-refractivity contribution in [3.8, 4) is 5.75 Å². The Morgan fingerprint density at radius 1 is 0.889 bits per heavy atom. The van der Waals surface area contributed by atoms with Crippen LogP contribution in [0.15, 0.2) is 18.2 Å². The summed E-state index contributed by atoms with van der Waals surface area (Å²) in [4.78, 5) is 24.2. The highest BCUT2D eigenvalue weighted by atomic mass is 16.5. The molecule has 27 heavy (non-hydrogen) atoms. The molecule has 0 aliphatic rings. The number of phenols is 1. The lowest BCUT2D eigenvalue weighted by molar-refractivity contribution is 0.0495. The summed E-state index contributed by atoms with van der Waals surface area (Å²) in [5.74, 6) is -0.880. The van der Waals surface area contributed by atoms with Gasteiger partial charge >= 0.3 is 12.1 Å².